The molecule has 17 heavy (non-hydrogen) atoms. The van der Waals surface area contributed by atoms with Crippen molar-refractivity contribution in [3.63, 3.8) is 0 Å². The third kappa shape index (κ3) is 2.31. The molecule has 2 aromatic rings. The van der Waals surface area contributed by atoms with Gasteiger partial charge in [0.25, 0.3) is 5.24 Å². The van der Waals surface area contributed by atoms with Gasteiger partial charge in [0, 0.05) is 11.6 Å². The molecule has 0 radical (unpaired) electrons. The van der Waals surface area contributed by atoms with Gasteiger partial charge < -0.3 is 9.26 Å². The van der Waals surface area contributed by atoms with E-state index in [0.717, 1.165) is 16.9 Å². The molecule has 0 aliphatic carbocycles. The van der Waals surface area contributed by atoms with Crippen LogP contribution in [0.1, 0.15) is 16.1 Å². The predicted octanol–water partition coefficient (Wildman–Crippen LogP) is 3.04. The lowest BCUT2D eigenvalue weighted by molar-refractivity contribution is 0.104. The van der Waals surface area contributed by atoms with Gasteiger partial charge in [0.1, 0.15) is 11.4 Å². The summed E-state index contributed by atoms with van der Waals surface area (Å²) in [4.78, 5) is 10.9. The van der Waals surface area contributed by atoms with Crippen LogP contribution in [-0.4, -0.2) is 17.5 Å². The third-order valence-electron chi connectivity index (χ3n) is 2.39. The highest BCUT2D eigenvalue weighted by Crippen LogP contribution is 2.26. The molecule has 2 rings (SSSR count). The minimum absolute atomic E-state index is 0.0372. The van der Waals surface area contributed by atoms with E-state index in [9.17, 15) is 4.79 Å². The second-order valence-corrected chi connectivity index (χ2v) is 3.88. The topological polar surface area (TPSA) is 52.3 Å². The molecule has 0 saturated carbocycles. The Labute approximate surface area is 103 Å². The predicted molar refractivity (Wildman–Crippen MR) is 63.4 cm³/mol. The zero-order valence-electron chi connectivity index (χ0n) is 9.36. The molecule has 0 aliphatic heterocycles. The number of carbonyl (C=O) groups is 1. The van der Waals surface area contributed by atoms with Crippen molar-refractivity contribution in [3.05, 3.63) is 35.6 Å². The molecule has 0 atom stereocenters. The number of methoxy groups -OCH3 is 1. The molecule has 0 aliphatic rings. The van der Waals surface area contributed by atoms with Crippen molar-refractivity contribution in [1.29, 1.82) is 0 Å². The number of aryl methyl sites for hydroxylation is 1. The number of halogens is 1. The maximum absolute atomic E-state index is 10.9. The van der Waals surface area contributed by atoms with Gasteiger partial charge in [-0.25, -0.2) is 0 Å². The summed E-state index contributed by atoms with van der Waals surface area (Å²) in [5.41, 5.74) is 2.39. The fourth-order valence-corrected chi connectivity index (χ4v) is 1.63. The lowest BCUT2D eigenvalue weighted by atomic mass is 10.1. The number of rotatable bonds is 3. The van der Waals surface area contributed by atoms with E-state index in [4.69, 9.17) is 20.9 Å². The fourth-order valence-electron chi connectivity index (χ4n) is 1.54. The number of ether oxygens (including phenoxy) is 1. The first-order chi connectivity index (χ1) is 8.11. The Hall–Kier alpha value is -1.81. The Morgan fingerprint density at radius 3 is 2.71 bits per heavy atom. The van der Waals surface area contributed by atoms with Crippen molar-refractivity contribution in [2.24, 2.45) is 0 Å². The van der Waals surface area contributed by atoms with Gasteiger partial charge in [-0.05, 0) is 42.3 Å². The molecule has 1 heterocycles. The Balaban J connectivity index is 2.39. The first-order valence-electron chi connectivity index (χ1n) is 4.93. The Bertz CT molecular complexity index is 563. The van der Waals surface area contributed by atoms with Gasteiger partial charge >= 0.3 is 0 Å². The number of benzene rings is 1. The van der Waals surface area contributed by atoms with Crippen LogP contribution in [0, 0.1) is 6.92 Å². The fraction of sp³-hybridized carbons (Fsp3) is 0.167. The van der Waals surface area contributed by atoms with Gasteiger partial charge in [0.2, 0.25) is 5.76 Å². The van der Waals surface area contributed by atoms with Gasteiger partial charge in [-0.3, -0.25) is 4.79 Å². The highest BCUT2D eigenvalue weighted by molar-refractivity contribution is 6.67. The highest BCUT2D eigenvalue weighted by Gasteiger charge is 2.12. The summed E-state index contributed by atoms with van der Waals surface area (Å²) in [6, 6.07) is 7.09. The number of aromatic nitrogens is 1. The molecular weight excluding hydrogens is 242 g/mol. The maximum atomic E-state index is 10.9. The van der Waals surface area contributed by atoms with Gasteiger partial charge in [0.05, 0.1) is 7.11 Å². The van der Waals surface area contributed by atoms with Gasteiger partial charge in [-0.2, -0.15) is 0 Å². The minimum Gasteiger partial charge on any atom is -0.496 e. The molecule has 0 N–H and O–H groups in total. The second-order valence-electron chi connectivity index (χ2n) is 3.53. The van der Waals surface area contributed by atoms with E-state index in [1.165, 1.54) is 6.07 Å². The molecule has 5 heteroatoms. The highest BCUT2D eigenvalue weighted by atomic mass is 35.5. The van der Waals surface area contributed by atoms with Crippen LogP contribution in [0.15, 0.2) is 28.8 Å². The van der Waals surface area contributed by atoms with Crippen LogP contribution in [0.5, 0.6) is 5.75 Å². The molecule has 0 amide bonds. The van der Waals surface area contributed by atoms with E-state index in [-0.39, 0.29) is 5.76 Å². The van der Waals surface area contributed by atoms with E-state index >= 15 is 0 Å². The lowest BCUT2D eigenvalue weighted by Gasteiger charge is -2.04. The molecule has 4 nitrogen and oxygen atoms in total. The summed E-state index contributed by atoms with van der Waals surface area (Å²) < 4.78 is 9.97. The van der Waals surface area contributed by atoms with Crippen LogP contribution in [0.4, 0.5) is 0 Å². The van der Waals surface area contributed by atoms with Gasteiger partial charge in [-0.1, -0.05) is 5.16 Å². The van der Waals surface area contributed by atoms with E-state index in [2.05, 4.69) is 5.16 Å². The summed E-state index contributed by atoms with van der Waals surface area (Å²) in [7, 11) is 1.61. The first kappa shape index (κ1) is 11.7. The van der Waals surface area contributed by atoms with E-state index in [1.54, 1.807) is 7.11 Å². The molecule has 0 saturated heterocycles. The number of hydrogen-bond donors (Lipinski definition) is 0. The summed E-state index contributed by atoms with van der Waals surface area (Å²) in [6.07, 6.45) is 0. The van der Waals surface area contributed by atoms with Crippen molar-refractivity contribution >= 4 is 16.8 Å². The molecule has 0 fully saturated rings. The standard InChI is InChI=1S/C12H10ClNO3/c1-7-5-8(3-4-10(7)16-2)9-6-11(12(13)15)17-14-9/h3-6H,1-2H3. The van der Waals surface area contributed by atoms with Crippen molar-refractivity contribution in [1.82, 2.24) is 5.16 Å². The minimum atomic E-state index is -0.658. The molecule has 1 aromatic heterocycles. The SMILES string of the molecule is COc1ccc(-c2cc(C(=O)Cl)on2)cc1C. The number of hydrogen-bond acceptors (Lipinski definition) is 4. The second kappa shape index (κ2) is 4.59. The van der Waals surface area contributed by atoms with Crippen LogP contribution in [0.2, 0.25) is 0 Å². The zero-order chi connectivity index (χ0) is 12.4. The van der Waals surface area contributed by atoms with E-state index in [1.807, 2.05) is 25.1 Å². The Morgan fingerprint density at radius 2 is 2.18 bits per heavy atom. The smallest absolute Gasteiger partial charge is 0.290 e. The largest absolute Gasteiger partial charge is 0.496 e. The molecule has 0 bridgehead atoms. The quantitative estimate of drug-likeness (QED) is 0.787. The summed E-state index contributed by atoms with van der Waals surface area (Å²) in [5, 5.41) is 3.12. The molecule has 1 aromatic carbocycles. The van der Waals surface area contributed by atoms with Crippen molar-refractivity contribution in [2.75, 3.05) is 7.11 Å². The van der Waals surface area contributed by atoms with Crippen molar-refractivity contribution in [3.8, 4) is 17.0 Å². The van der Waals surface area contributed by atoms with Crippen LogP contribution in [-0.2, 0) is 0 Å². The van der Waals surface area contributed by atoms with Crippen molar-refractivity contribution in [2.45, 2.75) is 6.92 Å². The van der Waals surface area contributed by atoms with Gasteiger partial charge in [0.15, 0.2) is 0 Å². The Morgan fingerprint density at radius 1 is 1.41 bits per heavy atom. The van der Waals surface area contributed by atoms with Crippen LogP contribution in [0.3, 0.4) is 0 Å². The summed E-state index contributed by atoms with van der Waals surface area (Å²) in [5.74, 6) is 0.834. The lowest BCUT2D eigenvalue weighted by Crippen LogP contribution is -1.87. The Kier molecular flexibility index (Phi) is 3.15. The monoisotopic (exact) mass is 251 g/mol. The summed E-state index contributed by atoms with van der Waals surface area (Å²) in [6.45, 7) is 1.93. The van der Waals surface area contributed by atoms with E-state index < -0.39 is 5.24 Å². The zero-order valence-corrected chi connectivity index (χ0v) is 10.1. The van der Waals surface area contributed by atoms with Crippen LogP contribution < -0.4 is 4.74 Å². The molecule has 88 valence electrons. The van der Waals surface area contributed by atoms with Crippen LogP contribution >= 0.6 is 11.6 Å². The number of nitrogens with zero attached hydrogens (tertiary/aromatic N) is 1. The average Bonchev–Trinajstić information content (AvgIpc) is 2.78. The number of carbonyl (C=O) groups excluding carboxylic acids is 1. The molecule has 0 unspecified atom stereocenters. The normalized spacial score (nSPS) is 10.3. The molecule has 0 spiro atoms. The van der Waals surface area contributed by atoms with Gasteiger partial charge in [-0.15, -0.1) is 0 Å². The summed E-state index contributed by atoms with van der Waals surface area (Å²) >= 11 is 5.29. The maximum Gasteiger partial charge on any atom is 0.290 e. The third-order valence-corrected chi connectivity index (χ3v) is 2.58. The molecular formula is C12H10ClNO3. The van der Waals surface area contributed by atoms with E-state index in [0.29, 0.717) is 5.69 Å². The van der Waals surface area contributed by atoms with Crippen molar-refractivity contribution < 1.29 is 14.1 Å². The first-order valence-corrected chi connectivity index (χ1v) is 5.31. The average molecular weight is 252 g/mol. The van der Waals surface area contributed by atoms with Crippen LogP contribution in [0.25, 0.3) is 11.3 Å².